The van der Waals surface area contributed by atoms with E-state index < -0.39 is 0 Å². The van der Waals surface area contributed by atoms with Gasteiger partial charge in [0.2, 0.25) is 0 Å². The Kier molecular flexibility index (Phi) is 14.0. The maximum atomic E-state index is 3.95. The molecule has 0 saturated heterocycles. The Hall–Kier alpha value is -3.32. The number of fused-ring (bicyclic) bond motifs is 1. The summed E-state index contributed by atoms with van der Waals surface area (Å²) in [6.07, 6.45) is 11.9. The van der Waals surface area contributed by atoms with Crippen LogP contribution in [0.5, 0.6) is 0 Å². The third-order valence-electron chi connectivity index (χ3n) is 5.99. The molecule has 1 nitrogen and oxygen atoms in total. The van der Waals surface area contributed by atoms with Crippen molar-refractivity contribution in [2.45, 2.75) is 48.0 Å². The molecule has 0 radical (unpaired) electrons. The SMILES string of the molecule is C.C=CCC(C)(C=C)C(C=C)CC.C=Cc1c(C=C)n(-c2ccccc2)c2ccccc12.CC. The molecule has 0 aliphatic rings. The van der Waals surface area contributed by atoms with Gasteiger partial charge in [-0.2, -0.15) is 0 Å². The molecule has 1 heterocycles. The molecule has 0 amide bonds. The van der Waals surface area contributed by atoms with Crippen LogP contribution < -0.4 is 0 Å². The summed E-state index contributed by atoms with van der Waals surface area (Å²) in [5.74, 6) is 0.507. The van der Waals surface area contributed by atoms with Crippen LogP contribution in [0.15, 0.2) is 106 Å². The fraction of sp³-hybridized carbons (Fsp3) is 0.273. The normalized spacial score (nSPS) is 12.2. The summed E-state index contributed by atoms with van der Waals surface area (Å²) in [5.41, 5.74) is 4.68. The van der Waals surface area contributed by atoms with E-state index in [9.17, 15) is 0 Å². The minimum absolute atomic E-state index is 0. The maximum Gasteiger partial charge on any atom is 0.0541 e. The minimum atomic E-state index is 0. The largest absolute Gasteiger partial charge is 0.309 e. The number of rotatable bonds is 9. The fourth-order valence-corrected chi connectivity index (χ4v) is 4.15. The number of para-hydroxylation sites is 2. The second kappa shape index (κ2) is 15.5. The molecule has 3 rings (SSSR count). The lowest BCUT2D eigenvalue weighted by molar-refractivity contribution is 0.305. The first-order valence-corrected chi connectivity index (χ1v) is 11.8. The summed E-state index contributed by atoms with van der Waals surface area (Å²) < 4.78 is 2.22. The van der Waals surface area contributed by atoms with Gasteiger partial charge in [0, 0.05) is 16.6 Å². The van der Waals surface area contributed by atoms with Gasteiger partial charge in [0.25, 0.3) is 0 Å². The Labute approximate surface area is 209 Å². The van der Waals surface area contributed by atoms with Crippen molar-refractivity contribution in [3.05, 3.63) is 117 Å². The molecule has 0 saturated carbocycles. The van der Waals surface area contributed by atoms with Crippen LogP contribution in [-0.4, -0.2) is 4.57 Å². The highest BCUT2D eigenvalue weighted by molar-refractivity contribution is 5.95. The van der Waals surface area contributed by atoms with E-state index in [-0.39, 0.29) is 12.8 Å². The highest BCUT2D eigenvalue weighted by atomic mass is 15.0. The fourth-order valence-electron chi connectivity index (χ4n) is 4.15. The van der Waals surface area contributed by atoms with Crippen molar-refractivity contribution in [2.24, 2.45) is 11.3 Å². The van der Waals surface area contributed by atoms with E-state index in [4.69, 9.17) is 0 Å². The molecule has 2 aromatic carbocycles. The molecular weight excluding hydrogens is 410 g/mol. The molecule has 34 heavy (non-hydrogen) atoms. The predicted molar refractivity (Wildman–Crippen MR) is 159 cm³/mol. The second-order valence-electron chi connectivity index (χ2n) is 7.85. The van der Waals surface area contributed by atoms with Crippen molar-refractivity contribution in [1.29, 1.82) is 0 Å². The Bertz CT molecular complexity index is 1050. The third kappa shape index (κ3) is 6.84. The van der Waals surface area contributed by atoms with E-state index in [2.05, 4.69) is 87.7 Å². The molecule has 3 aromatic rings. The highest BCUT2D eigenvalue weighted by Crippen LogP contribution is 2.35. The van der Waals surface area contributed by atoms with Gasteiger partial charge in [-0.25, -0.2) is 0 Å². The zero-order valence-electron chi connectivity index (χ0n) is 21.1. The van der Waals surface area contributed by atoms with E-state index in [0.717, 1.165) is 29.8 Å². The molecule has 2 unspecified atom stereocenters. The molecular formula is C33H45N. The molecule has 2 atom stereocenters. The molecule has 0 N–H and O–H groups in total. The van der Waals surface area contributed by atoms with Gasteiger partial charge >= 0.3 is 0 Å². The molecule has 1 heteroatoms. The monoisotopic (exact) mass is 455 g/mol. The van der Waals surface area contributed by atoms with Crippen LogP contribution in [0.25, 0.3) is 28.7 Å². The first-order chi connectivity index (χ1) is 16.0. The van der Waals surface area contributed by atoms with Crippen LogP contribution in [0, 0.1) is 11.3 Å². The van der Waals surface area contributed by atoms with Crippen LogP contribution in [0.1, 0.15) is 59.2 Å². The van der Waals surface area contributed by atoms with E-state index >= 15 is 0 Å². The summed E-state index contributed by atoms with van der Waals surface area (Å²) in [7, 11) is 0. The van der Waals surface area contributed by atoms with Crippen molar-refractivity contribution < 1.29 is 0 Å². The minimum Gasteiger partial charge on any atom is -0.309 e. The van der Waals surface area contributed by atoms with Crippen LogP contribution in [0.3, 0.4) is 0 Å². The van der Waals surface area contributed by atoms with Gasteiger partial charge < -0.3 is 4.57 Å². The number of benzene rings is 2. The van der Waals surface area contributed by atoms with E-state index in [0.29, 0.717) is 5.92 Å². The Morgan fingerprint density at radius 3 is 1.94 bits per heavy atom. The average molecular weight is 456 g/mol. The molecule has 0 spiro atoms. The van der Waals surface area contributed by atoms with Gasteiger partial charge in [-0.15, -0.1) is 19.7 Å². The van der Waals surface area contributed by atoms with Crippen LogP contribution in [0.2, 0.25) is 0 Å². The van der Waals surface area contributed by atoms with Gasteiger partial charge in [-0.3, -0.25) is 0 Å². The molecule has 0 bridgehead atoms. The second-order valence-corrected chi connectivity index (χ2v) is 7.85. The molecule has 1 aromatic heterocycles. The van der Waals surface area contributed by atoms with Crippen LogP contribution in [-0.2, 0) is 0 Å². The number of aromatic nitrogens is 1. The topological polar surface area (TPSA) is 4.93 Å². The van der Waals surface area contributed by atoms with E-state index in [1.54, 1.807) is 0 Å². The van der Waals surface area contributed by atoms with Gasteiger partial charge in [-0.05, 0) is 48.4 Å². The lowest BCUT2D eigenvalue weighted by Crippen LogP contribution is -2.22. The first kappa shape index (κ1) is 30.7. The molecule has 0 fully saturated rings. The summed E-state index contributed by atoms with van der Waals surface area (Å²) in [6.45, 7) is 27.8. The lowest BCUT2D eigenvalue weighted by Gasteiger charge is -2.31. The summed E-state index contributed by atoms with van der Waals surface area (Å²) in [6, 6.07) is 18.7. The van der Waals surface area contributed by atoms with Crippen molar-refractivity contribution >= 4 is 23.1 Å². The summed E-state index contributed by atoms with van der Waals surface area (Å²) in [5, 5.41) is 1.20. The van der Waals surface area contributed by atoms with Gasteiger partial charge in [0.05, 0.1) is 11.2 Å². The lowest BCUT2D eigenvalue weighted by atomic mass is 9.73. The summed E-state index contributed by atoms with van der Waals surface area (Å²) in [4.78, 5) is 0. The smallest absolute Gasteiger partial charge is 0.0541 e. The predicted octanol–water partition coefficient (Wildman–Crippen LogP) is 10.5. The van der Waals surface area contributed by atoms with E-state index in [1.807, 2.05) is 62.4 Å². The van der Waals surface area contributed by atoms with Gasteiger partial charge in [0.1, 0.15) is 0 Å². The van der Waals surface area contributed by atoms with Crippen molar-refractivity contribution in [2.75, 3.05) is 0 Å². The van der Waals surface area contributed by atoms with Crippen molar-refractivity contribution in [3.8, 4) is 5.69 Å². The van der Waals surface area contributed by atoms with Crippen molar-refractivity contribution in [1.82, 2.24) is 4.57 Å². The van der Waals surface area contributed by atoms with Crippen molar-refractivity contribution in [3.63, 3.8) is 0 Å². The number of hydrogen-bond donors (Lipinski definition) is 0. The zero-order chi connectivity index (χ0) is 24.9. The average Bonchev–Trinajstić information content (AvgIpc) is 3.20. The van der Waals surface area contributed by atoms with Crippen LogP contribution >= 0.6 is 0 Å². The van der Waals surface area contributed by atoms with Gasteiger partial charge in [0.15, 0.2) is 0 Å². The quantitative estimate of drug-likeness (QED) is 0.283. The summed E-state index contributed by atoms with van der Waals surface area (Å²) >= 11 is 0. The first-order valence-electron chi connectivity index (χ1n) is 11.8. The zero-order valence-corrected chi connectivity index (χ0v) is 21.1. The highest BCUT2D eigenvalue weighted by Gasteiger charge is 2.26. The third-order valence-corrected chi connectivity index (χ3v) is 5.99. The molecule has 0 aliphatic heterocycles. The molecule has 0 aliphatic carbocycles. The van der Waals surface area contributed by atoms with Crippen LogP contribution in [0.4, 0.5) is 0 Å². The Morgan fingerprint density at radius 1 is 0.882 bits per heavy atom. The van der Waals surface area contributed by atoms with Gasteiger partial charge in [-0.1, -0.05) is 109 Å². The number of allylic oxidation sites excluding steroid dienone is 3. The number of hydrogen-bond acceptors (Lipinski definition) is 0. The molecule has 182 valence electrons. The number of nitrogens with zero attached hydrogens (tertiary/aromatic N) is 1. The maximum absolute atomic E-state index is 3.95. The standard InChI is InChI=1S/C18H15N.C12H20.C2H6.CH4/c1-3-15-16-12-8-9-13-18(16)19(17(15)4-2)14-10-6-5-7-11-14;1-6-10-12(5,9-4)11(7-2)8-3;1-2;/h3-13H,1-2H2;6-7,9,11H,1-2,4,8,10H2,3,5H3;1-2H3;1H4. The van der Waals surface area contributed by atoms with E-state index in [1.165, 1.54) is 10.9 Å². The Balaban J connectivity index is 0.000000637. The Morgan fingerprint density at radius 2 is 1.47 bits per heavy atom.